The summed E-state index contributed by atoms with van der Waals surface area (Å²) >= 11 is 0. The summed E-state index contributed by atoms with van der Waals surface area (Å²) < 4.78 is 4.39. The summed E-state index contributed by atoms with van der Waals surface area (Å²) in [6.45, 7) is 6.65. The number of carboxylic acids is 2. The Morgan fingerprint density at radius 3 is 1.48 bits per heavy atom. The molecule has 0 saturated carbocycles. The molecule has 0 aliphatic carbocycles. The van der Waals surface area contributed by atoms with Crippen molar-refractivity contribution in [3.63, 3.8) is 0 Å². The summed E-state index contributed by atoms with van der Waals surface area (Å²) in [5.74, 6) is -4.65. The molecular weight excluding hydrogens is 280 g/mol. The minimum absolute atomic E-state index is 0.111. The zero-order valence-corrected chi connectivity index (χ0v) is 10.5. The highest BCUT2D eigenvalue weighted by molar-refractivity contribution is 6.23. The molecule has 106 valence electrons. The van der Waals surface area contributed by atoms with E-state index in [1.165, 1.54) is 0 Å². The molecule has 1 aromatic rings. The molecule has 0 radical (unpaired) electrons. The predicted molar refractivity (Wildman–Crippen MR) is 69.5 cm³/mol. The van der Waals surface area contributed by atoms with Crippen molar-refractivity contribution in [1.29, 1.82) is 0 Å². The minimum atomic E-state index is -1.40. The van der Waals surface area contributed by atoms with E-state index in [0.29, 0.717) is 0 Å². The topological polar surface area (TPSA) is 118 Å². The molecule has 0 amide bonds. The number of carboxylic acid groups (broad SMARTS) is 2. The minimum Gasteiger partial charge on any atom is -0.478 e. The molecule has 0 aromatic heterocycles. The summed E-state index contributed by atoms with van der Waals surface area (Å²) in [4.78, 5) is 45.0. The summed E-state index contributed by atoms with van der Waals surface area (Å²) in [5, 5.41) is 18.0. The zero-order valence-electron chi connectivity index (χ0n) is 10.5. The van der Waals surface area contributed by atoms with E-state index in [1.807, 2.05) is 0 Å². The number of ether oxygens (including phenoxy) is 1. The highest BCUT2D eigenvalue weighted by Crippen LogP contribution is 2.31. The van der Waals surface area contributed by atoms with Gasteiger partial charge in [0, 0.05) is 0 Å². The molecule has 2 N–H and O–H groups in total. The normalized spacial score (nSPS) is 12.6. The Hall–Kier alpha value is -3.22. The van der Waals surface area contributed by atoms with E-state index in [-0.39, 0.29) is 22.3 Å². The first-order valence-corrected chi connectivity index (χ1v) is 5.53. The average Bonchev–Trinajstić information content (AvgIpc) is 2.70. The molecule has 21 heavy (non-hydrogen) atoms. The van der Waals surface area contributed by atoms with Crippen molar-refractivity contribution >= 4 is 35.0 Å². The van der Waals surface area contributed by atoms with E-state index >= 15 is 0 Å². The molecule has 0 fully saturated rings. The number of benzene rings is 1. The van der Waals surface area contributed by atoms with Gasteiger partial charge in [0.1, 0.15) is 0 Å². The fraction of sp³-hybridized carbons (Fsp3) is 0. The van der Waals surface area contributed by atoms with Crippen molar-refractivity contribution in [2.45, 2.75) is 0 Å². The lowest BCUT2D eigenvalue weighted by atomic mass is 9.91. The van der Waals surface area contributed by atoms with Gasteiger partial charge < -0.3 is 14.9 Å². The number of carbonyl (C=O) groups excluding carboxylic acids is 2. The average molecular weight is 288 g/mol. The van der Waals surface area contributed by atoms with E-state index in [1.54, 1.807) is 0 Å². The van der Waals surface area contributed by atoms with Gasteiger partial charge in [-0.2, -0.15) is 0 Å². The first-order valence-electron chi connectivity index (χ1n) is 5.53. The molecule has 1 heterocycles. The zero-order chi connectivity index (χ0) is 15.9. The SMILES string of the molecule is C=C(C(=O)O)c1cc2c(cc1C(=C)C(=O)O)C(=O)OC2=O. The number of aliphatic carboxylic acids is 2. The number of esters is 2. The third-order valence-corrected chi connectivity index (χ3v) is 2.95. The van der Waals surface area contributed by atoms with Crippen LogP contribution in [0.1, 0.15) is 31.8 Å². The standard InChI is InChI=1S/C14H8O7/c1-5(11(15)16)7-3-9-10(14(20)21-13(9)19)4-8(7)6(2)12(17)18/h3-4H,1-2H2,(H,15,16)(H,17,18). The lowest BCUT2D eigenvalue weighted by Crippen LogP contribution is -2.08. The van der Waals surface area contributed by atoms with Crippen molar-refractivity contribution in [2.75, 3.05) is 0 Å². The highest BCUT2D eigenvalue weighted by Gasteiger charge is 2.33. The van der Waals surface area contributed by atoms with Gasteiger partial charge in [0.2, 0.25) is 0 Å². The van der Waals surface area contributed by atoms with Crippen LogP contribution in [0.3, 0.4) is 0 Å². The Morgan fingerprint density at radius 1 is 0.857 bits per heavy atom. The largest absolute Gasteiger partial charge is 0.478 e. The molecule has 0 spiro atoms. The van der Waals surface area contributed by atoms with Crippen LogP contribution in [0.15, 0.2) is 25.3 Å². The van der Waals surface area contributed by atoms with Crippen LogP contribution in [-0.4, -0.2) is 34.1 Å². The van der Waals surface area contributed by atoms with E-state index < -0.39 is 35.0 Å². The Kier molecular flexibility index (Phi) is 3.18. The fourth-order valence-corrected chi connectivity index (χ4v) is 1.86. The van der Waals surface area contributed by atoms with Gasteiger partial charge in [0.05, 0.1) is 22.3 Å². The van der Waals surface area contributed by atoms with Gasteiger partial charge in [-0.3, -0.25) is 0 Å². The number of hydrogen-bond acceptors (Lipinski definition) is 5. The third-order valence-electron chi connectivity index (χ3n) is 2.95. The van der Waals surface area contributed by atoms with Crippen molar-refractivity contribution in [3.8, 4) is 0 Å². The van der Waals surface area contributed by atoms with E-state index in [9.17, 15) is 19.2 Å². The Labute approximate surface area is 117 Å². The number of cyclic esters (lactones) is 2. The van der Waals surface area contributed by atoms with Gasteiger partial charge in [0.25, 0.3) is 0 Å². The molecule has 1 aromatic carbocycles. The molecule has 7 nitrogen and oxygen atoms in total. The van der Waals surface area contributed by atoms with Crippen LogP contribution in [0, 0.1) is 0 Å². The number of carbonyl (C=O) groups is 4. The van der Waals surface area contributed by atoms with Crippen LogP contribution in [0.2, 0.25) is 0 Å². The first kappa shape index (κ1) is 14.2. The van der Waals surface area contributed by atoms with Gasteiger partial charge >= 0.3 is 23.9 Å². The second kappa shape index (κ2) is 4.71. The Morgan fingerprint density at radius 2 is 1.19 bits per heavy atom. The Balaban J connectivity index is 2.76. The van der Waals surface area contributed by atoms with Crippen molar-refractivity contribution in [3.05, 3.63) is 47.5 Å². The second-order valence-electron chi connectivity index (χ2n) is 4.19. The molecule has 0 unspecified atom stereocenters. The first-order chi connectivity index (χ1) is 9.73. The van der Waals surface area contributed by atoms with Crippen LogP contribution < -0.4 is 0 Å². The van der Waals surface area contributed by atoms with Crippen LogP contribution in [0.25, 0.3) is 11.1 Å². The van der Waals surface area contributed by atoms with E-state index in [4.69, 9.17) is 10.2 Å². The molecule has 0 saturated heterocycles. The lowest BCUT2D eigenvalue weighted by Gasteiger charge is -2.10. The molecule has 1 aliphatic heterocycles. The molecule has 2 rings (SSSR count). The smallest absolute Gasteiger partial charge is 0.346 e. The molecule has 0 atom stereocenters. The maximum atomic E-state index is 11.5. The Bertz CT molecular complexity index is 692. The van der Waals surface area contributed by atoms with Gasteiger partial charge in [-0.1, -0.05) is 13.2 Å². The summed E-state index contributed by atoms with van der Waals surface area (Å²) in [6, 6.07) is 2.14. The van der Waals surface area contributed by atoms with Crippen LogP contribution in [0.4, 0.5) is 0 Å². The van der Waals surface area contributed by atoms with E-state index in [0.717, 1.165) is 12.1 Å². The maximum Gasteiger partial charge on any atom is 0.346 e. The van der Waals surface area contributed by atoms with Crippen LogP contribution in [0.5, 0.6) is 0 Å². The predicted octanol–water partition coefficient (Wildman–Crippen LogP) is 1.19. The summed E-state index contributed by atoms with van der Waals surface area (Å²) in [6.07, 6.45) is 0. The van der Waals surface area contributed by atoms with Gasteiger partial charge in [-0.25, -0.2) is 19.2 Å². The molecule has 0 bridgehead atoms. The van der Waals surface area contributed by atoms with Crippen LogP contribution in [-0.2, 0) is 14.3 Å². The lowest BCUT2D eigenvalue weighted by molar-refractivity contribution is -0.131. The number of fused-ring (bicyclic) bond motifs is 1. The van der Waals surface area contributed by atoms with Gasteiger partial charge in [0.15, 0.2) is 0 Å². The van der Waals surface area contributed by atoms with Crippen molar-refractivity contribution < 1.29 is 34.1 Å². The fourth-order valence-electron chi connectivity index (χ4n) is 1.86. The summed E-state index contributed by atoms with van der Waals surface area (Å²) in [7, 11) is 0. The third kappa shape index (κ3) is 2.20. The van der Waals surface area contributed by atoms with E-state index in [2.05, 4.69) is 17.9 Å². The quantitative estimate of drug-likeness (QED) is 0.485. The highest BCUT2D eigenvalue weighted by atomic mass is 16.6. The number of hydrogen-bond donors (Lipinski definition) is 2. The van der Waals surface area contributed by atoms with Crippen molar-refractivity contribution in [1.82, 2.24) is 0 Å². The van der Waals surface area contributed by atoms with Gasteiger partial charge in [-0.15, -0.1) is 0 Å². The second-order valence-corrected chi connectivity index (χ2v) is 4.19. The monoisotopic (exact) mass is 288 g/mol. The molecular formula is C14H8O7. The summed E-state index contributed by atoms with van der Waals surface area (Å²) in [5.41, 5.74) is -1.36. The number of rotatable bonds is 4. The molecule has 1 aliphatic rings. The van der Waals surface area contributed by atoms with Crippen molar-refractivity contribution in [2.24, 2.45) is 0 Å². The van der Waals surface area contributed by atoms with Gasteiger partial charge in [-0.05, 0) is 23.3 Å². The van der Waals surface area contributed by atoms with Crippen LogP contribution >= 0.6 is 0 Å². The maximum absolute atomic E-state index is 11.5. The molecule has 7 heteroatoms.